The Kier molecular flexibility index (Phi) is 5.33. The second-order valence-electron chi connectivity index (χ2n) is 6.47. The molecular weight excluding hydrogens is 314 g/mol. The van der Waals surface area contributed by atoms with Crippen LogP contribution in [-0.4, -0.2) is 30.1 Å². The molecule has 2 N–H and O–H groups in total. The number of ether oxygens (including phenoxy) is 1. The smallest absolute Gasteiger partial charge is 0.306 e. The summed E-state index contributed by atoms with van der Waals surface area (Å²) >= 11 is 1.51. The van der Waals surface area contributed by atoms with Gasteiger partial charge in [-0.15, -0.1) is 11.3 Å². The third-order valence-corrected chi connectivity index (χ3v) is 6.02. The first-order valence-electron chi connectivity index (χ1n) is 8.36. The molecule has 1 aliphatic carbocycles. The molecule has 23 heavy (non-hydrogen) atoms. The monoisotopic (exact) mass is 337 g/mol. The highest BCUT2D eigenvalue weighted by Crippen LogP contribution is 2.33. The van der Waals surface area contributed by atoms with Crippen molar-refractivity contribution >= 4 is 23.2 Å². The minimum absolute atomic E-state index is 0.0281. The molecule has 126 valence electrons. The van der Waals surface area contributed by atoms with E-state index in [4.69, 9.17) is 9.84 Å². The van der Waals surface area contributed by atoms with Gasteiger partial charge < -0.3 is 15.2 Å². The molecule has 6 heteroatoms. The van der Waals surface area contributed by atoms with Crippen LogP contribution < -0.4 is 5.32 Å². The van der Waals surface area contributed by atoms with E-state index >= 15 is 0 Å². The van der Waals surface area contributed by atoms with Gasteiger partial charge in [0.05, 0.1) is 16.9 Å². The predicted molar refractivity (Wildman–Crippen MR) is 87.7 cm³/mol. The number of amides is 1. The minimum Gasteiger partial charge on any atom is -0.481 e. The van der Waals surface area contributed by atoms with Crippen molar-refractivity contribution in [3.8, 4) is 0 Å². The van der Waals surface area contributed by atoms with E-state index in [1.165, 1.54) is 11.3 Å². The quantitative estimate of drug-likeness (QED) is 0.865. The van der Waals surface area contributed by atoms with Crippen LogP contribution in [0.3, 0.4) is 0 Å². The van der Waals surface area contributed by atoms with E-state index in [2.05, 4.69) is 5.32 Å². The van der Waals surface area contributed by atoms with E-state index in [0.29, 0.717) is 12.5 Å². The molecule has 2 aliphatic rings. The second-order valence-corrected chi connectivity index (χ2v) is 7.58. The van der Waals surface area contributed by atoms with Gasteiger partial charge in [-0.1, -0.05) is 0 Å². The molecule has 0 aromatic carbocycles. The molecule has 1 aliphatic heterocycles. The van der Waals surface area contributed by atoms with Gasteiger partial charge in [-0.3, -0.25) is 9.59 Å². The van der Waals surface area contributed by atoms with E-state index in [-0.39, 0.29) is 17.9 Å². The van der Waals surface area contributed by atoms with Gasteiger partial charge in [0, 0.05) is 18.0 Å². The predicted octanol–water partition coefficient (Wildman–Crippen LogP) is 3.22. The minimum atomic E-state index is -0.687. The first-order valence-corrected chi connectivity index (χ1v) is 9.17. The molecule has 2 heterocycles. The maximum absolute atomic E-state index is 12.3. The average Bonchev–Trinajstić information content (AvgIpc) is 3.23. The van der Waals surface area contributed by atoms with Crippen LogP contribution in [0.4, 0.5) is 0 Å². The first kappa shape index (κ1) is 16.5. The van der Waals surface area contributed by atoms with Crippen LogP contribution in [0.15, 0.2) is 12.1 Å². The molecule has 2 fully saturated rings. The molecule has 0 unspecified atom stereocenters. The fourth-order valence-electron chi connectivity index (χ4n) is 3.39. The van der Waals surface area contributed by atoms with E-state index in [1.807, 2.05) is 12.1 Å². The number of carboxylic acid groups (broad SMARTS) is 1. The summed E-state index contributed by atoms with van der Waals surface area (Å²) in [5.74, 6) is -0.521. The van der Waals surface area contributed by atoms with Crippen molar-refractivity contribution in [1.29, 1.82) is 0 Å². The van der Waals surface area contributed by atoms with E-state index in [0.717, 1.165) is 54.9 Å². The molecule has 1 aromatic heterocycles. The lowest BCUT2D eigenvalue weighted by Gasteiger charge is -2.26. The molecule has 0 radical (unpaired) electrons. The Bertz CT molecular complexity index is 557. The van der Waals surface area contributed by atoms with Crippen LogP contribution in [-0.2, 0) is 9.53 Å². The van der Waals surface area contributed by atoms with Crippen LogP contribution in [0.5, 0.6) is 0 Å². The summed E-state index contributed by atoms with van der Waals surface area (Å²) in [5, 5.41) is 12.0. The van der Waals surface area contributed by atoms with Crippen LogP contribution >= 0.6 is 11.3 Å². The fraction of sp³-hybridized carbons (Fsp3) is 0.647. The van der Waals surface area contributed by atoms with Crippen LogP contribution in [0.1, 0.15) is 59.2 Å². The summed E-state index contributed by atoms with van der Waals surface area (Å²) in [7, 11) is 0. The lowest BCUT2D eigenvalue weighted by atomic mass is 9.82. The van der Waals surface area contributed by atoms with Crippen molar-refractivity contribution in [3.63, 3.8) is 0 Å². The molecule has 5 nitrogen and oxygen atoms in total. The zero-order valence-electron chi connectivity index (χ0n) is 13.1. The largest absolute Gasteiger partial charge is 0.481 e. The summed E-state index contributed by atoms with van der Waals surface area (Å²) in [5.41, 5.74) is 0. The normalized spacial score (nSPS) is 27.7. The van der Waals surface area contributed by atoms with Crippen molar-refractivity contribution in [2.24, 2.45) is 11.8 Å². The van der Waals surface area contributed by atoms with Gasteiger partial charge in [0.25, 0.3) is 5.91 Å². The Morgan fingerprint density at radius 1 is 1.22 bits per heavy atom. The van der Waals surface area contributed by atoms with Gasteiger partial charge >= 0.3 is 5.97 Å². The Labute approximate surface area is 140 Å². The average molecular weight is 337 g/mol. The Morgan fingerprint density at radius 3 is 2.65 bits per heavy atom. The summed E-state index contributed by atoms with van der Waals surface area (Å²) in [6.45, 7) is 1.45. The molecule has 1 aromatic rings. The highest BCUT2D eigenvalue weighted by atomic mass is 32.1. The molecule has 1 atom stereocenters. The molecule has 1 saturated heterocycles. The lowest BCUT2D eigenvalue weighted by molar-refractivity contribution is -0.143. The van der Waals surface area contributed by atoms with Crippen LogP contribution in [0.2, 0.25) is 0 Å². The van der Waals surface area contributed by atoms with Crippen LogP contribution in [0.25, 0.3) is 0 Å². The van der Waals surface area contributed by atoms with Crippen molar-refractivity contribution in [2.75, 3.05) is 13.2 Å². The maximum atomic E-state index is 12.3. The third-order valence-electron chi connectivity index (χ3n) is 4.84. The number of nitrogens with one attached hydrogen (secondary N) is 1. The zero-order valence-corrected chi connectivity index (χ0v) is 13.9. The summed E-state index contributed by atoms with van der Waals surface area (Å²) in [6.07, 6.45) is 5.48. The highest BCUT2D eigenvalue weighted by Gasteiger charge is 2.26. The lowest BCUT2D eigenvalue weighted by Crippen LogP contribution is -2.32. The number of hydrogen-bond donors (Lipinski definition) is 2. The molecule has 1 amide bonds. The molecule has 0 bridgehead atoms. The molecular formula is C17H23NO4S. The van der Waals surface area contributed by atoms with Gasteiger partial charge in [-0.25, -0.2) is 0 Å². The van der Waals surface area contributed by atoms with Crippen LogP contribution in [0, 0.1) is 11.8 Å². The van der Waals surface area contributed by atoms with Crippen molar-refractivity contribution in [1.82, 2.24) is 5.32 Å². The molecule has 1 saturated carbocycles. The number of hydrogen-bond acceptors (Lipinski definition) is 4. The van der Waals surface area contributed by atoms with E-state index in [1.54, 1.807) is 0 Å². The summed E-state index contributed by atoms with van der Waals surface area (Å²) in [6, 6.07) is 3.87. The SMILES string of the molecule is O=C(NCC1CCC(C(=O)O)CC1)c1ccc([C@@H]2CCCO2)s1. The topological polar surface area (TPSA) is 75.6 Å². The standard InChI is InChI=1S/C17H23NO4S/c19-16(15-8-7-14(23-15)13-2-1-9-22-13)18-10-11-3-5-12(6-4-11)17(20)21/h7-8,11-13H,1-6,9-10H2,(H,18,19)(H,20,21)/t11?,12?,13-/m0/s1. The first-order chi connectivity index (χ1) is 11.1. The van der Waals surface area contributed by atoms with Gasteiger partial charge in [0.1, 0.15) is 0 Å². The van der Waals surface area contributed by atoms with Crippen molar-refractivity contribution in [2.45, 2.75) is 44.6 Å². The number of carbonyl (C=O) groups excluding carboxylic acids is 1. The molecule has 3 rings (SSSR count). The van der Waals surface area contributed by atoms with E-state index < -0.39 is 5.97 Å². The third kappa shape index (κ3) is 4.12. The Balaban J connectivity index is 1.45. The maximum Gasteiger partial charge on any atom is 0.306 e. The van der Waals surface area contributed by atoms with Gasteiger partial charge in [0.2, 0.25) is 0 Å². The van der Waals surface area contributed by atoms with Gasteiger partial charge in [-0.2, -0.15) is 0 Å². The van der Waals surface area contributed by atoms with Gasteiger partial charge in [0.15, 0.2) is 0 Å². The number of carbonyl (C=O) groups is 2. The summed E-state index contributed by atoms with van der Waals surface area (Å²) in [4.78, 5) is 25.1. The summed E-state index contributed by atoms with van der Waals surface area (Å²) < 4.78 is 5.65. The van der Waals surface area contributed by atoms with Crippen molar-refractivity contribution < 1.29 is 19.4 Å². The number of thiophene rings is 1. The number of carboxylic acids is 1. The highest BCUT2D eigenvalue weighted by molar-refractivity contribution is 7.14. The second kappa shape index (κ2) is 7.45. The zero-order chi connectivity index (χ0) is 16.2. The van der Waals surface area contributed by atoms with Gasteiger partial charge in [-0.05, 0) is 56.6 Å². The fourth-order valence-corrected chi connectivity index (χ4v) is 4.40. The molecule has 0 spiro atoms. The van der Waals surface area contributed by atoms with E-state index in [9.17, 15) is 9.59 Å². The number of rotatable bonds is 5. The van der Waals surface area contributed by atoms with Crippen molar-refractivity contribution in [3.05, 3.63) is 21.9 Å². The Morgan fingerprint density at radius 2 is 2.00 bits per heavy atom. The Hall–Kier alpha value is -1.40. The number of aliphatic carboxylic acids is 1.